The van der Waals surface area contributed by atoms with Crippen molar-refractivity contribution in [2.24, 2.45) is 5.73 Å². The van der Waals surface area contributed by atoms with Gasteiger partial charge >= 0.3 is 19.8 Å². The number of hydrogen-bond donors (Lipinski definition) is 2. The van der Waals surface area contributed by atoms with E-state index in [4.69, 9.17) is 29.0 Å². The van der Waals surface area contributed by atoms with Crippen LogP contribution >= 0.6 is 7.82 Å². The maximum atomic E-state index is 12.5. The Morgan fingerprint density at radius 1 is 0.692 bits per heavy atom. The van der Waals surface area contributed by atoms with E-state index in [0.29, 0.717) is 25.0 Å². The van der Waals surface area contributed by atoms with Crippen LogP contribution in [0.4, 0.5) is 0 Å². The molecule has 1 saturated heterocycles. The molecule has 1 aliphatic rings. The molecule has 0 bridgehead atoms. The predicted octanol–water partition coefficient (Wildman–Crippen LogP) is 9.70. The van der Waals surface area contributed by atoms with E-state index in [1.54, 1.807) is 0 Å². The summed E-state index contributed by atoms with van der Waals surface area (Å²) in [4.78, 5) is 34.7. The molecule has 3 N–H and O–H groups in total. The van der Waals surface area contributed by atoms with Crippen LogP contribution in [0.2, 0.25) is 0 Å². The maximum Gasteiger partial charge on any atom is 0.472 e. The van der Waals surface area contributed by atoms with Gasteiger partial charge in [-0.2, -0.15) is 0 Å². The largest absolute Gasteiger partial charge is 0.472 e. The van der Waals surface area contributed by atoms with Crippen LogP contribution in [0.3, 0.4) is 0 Å². The molecule has 1 heterocycles. The summed E-state index contributed by atoms with van der Waals surface area (Å²) < 4.78 is 38.2. The highest BCUT2D eigenvalue weighted by Gasteiger charge is 2.36. The van der Waals surface area contributed by atoms with E-state index in [0.717, 1.165) is 77.0 Å². The molecule has 1 rings (SSSR count). The van der Waals surface area contributed by atoms with Gasteiger partial charge in [0.1, 0.15) is 6.61 Å². The Bertz CT molecular complexity index is 1150. The number of carbonyl (C=O) groups excluding carboxylic acids is 2. The van der Waals surface area contributed by atoms with Gasteiger partial charge < -0.3 is 24.8 Å². The zero-order valence-corrected chi connectivity index (χ0v) is 32.8. The average molecular weight is 750 g/mol. The third-order valence-corrected chi connectivity index (χ3v) is 8.98. The molecule has 0 aliphatic carbocycles. The van der Waals surface area contributed by atoms with Crippen molar-refractivity contribution in [1.82, 2.24) is 0 Å². The SMILES string of the molecule is CC/C=C\CC1OC1C/C=C\C/C=C\C/C=C\C/C=C\CCC(=O)OC[C@H](COP(=O)(O)OCCN)OC(=O)CCCCCCC/C=C\CCCC. The zero-order chi connectivity index (χ0) is 38.0. The van der Waals surface area contributed by atoms with Gasteiger partial charge in [0.15, 0.2) is 6.10 Å². The van der Waals surface area contributed by atoms with Crippen LogP contribution in [-0.2, 0) is 37.4 Å². The van der Waals surface area contributed by atoms with Crippen LogP contribution in [0.25, 0.3) is 0 Å². The highest BCUT2D eigenvalue weighted by molar-refractivity contribution is 7.47. The Balaban J connectivity index is 2.26. The minimum absolute atomic E-state index is 0.0372. The molecule has 3 unspecified atom stereocenters. The molecule has 52 heavy (non-hydrogen) atoms. The van der Waals surface area contributed by atoms with Gasteiger partial charge in [-0.05, 0) is 70.6 Å². The summed E-state index contributed by atoms with van der Waals surface area (Å²) in [5, 5.41) is 0. The van der Waals surface area contributed by atoms with Gasteiger partial charge in [-0.25, -0.2) is 4.57 Å². The van der Waals surface area contributed by atoms with E-state index in [1.807, 2.05) is 12.2 Å². The second-order valence-electron chi connectivity index (χ2n) is 12.8. The highest BCUT2D eigenvalue weighted by Crippen LogP contribution is 2.43. The highest BCUT2D eigenvalue weighted by atomic mass is 31.2. The Morgan fingerprint density at radius 2 is 1.27 bits per heavy atom. The third kappa shape index (κ3) is 29.9. The first-order valence-corrected chi connectivity index (χ1v) is 21.0. The molecule has 0 saturated carbocycles. The van der Waals surface area contributed by atoms with E-state index in [-0.39, 0.29) is 32.6 Å². The summed E-state index contributed by atoms with van der Waals surface area (Å²) in [5.74, 6) is -0.952. The van der Waals surface area contributed by atoms with Crippen molar-refractivity contribution in [3.63, 3.8) is 0 Å². The van der Waals surface area contributed by atoms with E-state index in [1.165, 1.54) is 12.8 Å². The topological polar surface area (TPSA) is 147 Å². The number of ether oxygens (including phenoxy) is 3. The molecule has 10 nitrogen and oxygen atoms in total. The Kier molecular flexibility index (Phi) is 30.1. The van der Waals surface area contributed by atoms with Crippen LogP contribution in [0, 0.1) is 0 Å². The van der Waals surface area contributed by atoms with Gasteiger partial charge in [-0.3, -0.25) is 18.6 Å². The molecule has 0 aromatic carbocycles. The fourth-order valence-electron chi connectivity index (χ4n) is 4.97. The third-order valence-electron chi connectivity index (χ3n) is 7.99. The normalized spacial score (nSPS) is 18.1. The molecule has 11 heteroatoms. The summed E-state index contributed by atoms with van der Waals surface area (Å²) in [7, 11) is -4.40. The number of unbranched alkanes of at least 4 members (excludes halogenated alkanes) is 7. The maximum absolute atomic E-state index is 12.5. The lowest BCUT2D eigenvalue weighted by Crippen LogP contribution is -2.29. The molecule has 1 fully saturated rings. The standard InChI is InChI=1S/C41H68NO9P/c1-3-5-7-8-9-10-13-18-21-24-28-32-41(44)50-37(36-49-52(45,46)48-34-33-42)35-47-40(43)31-27-23-20-17-15-12-11-14-16-19-22-26-30-39-38(51-39)29-25-6-4-2/h6,8-9,12,14-16,20,22-23,25-26,37-39H,3-5,7,10-11,13,17-19,21,24,27-36,42H2,1-2H3,(H,45,46)/b9-8-,15-12-,16-14-,23-20-,25-6-,26-22-/t37-,38?,39?/m1/s1. The Hall–Kier alpha value is -2.59. The Morgan fingerprint density at radius 3 is 1.92 bits per heavy atom. The van der Waals surface area contributed by atoms with Crippen molar-refractivity contribution in [3.8, 4) is 0 Å². The van der Waals surface area contributed by atoms with Crippen molar-refractivity contribution in [2.75, 3.05) is 26.4 Å². The lowest BCUT2D eigenvalue weighted by atomic mass is 10.1. The number of allylic oxidation sites excluding steroid dienone is 10. The molecule has 0 aromatic heterocycles. The minimum atomic E-state index is -4.40. The van der Waals surface area contributed by atoms with E-state index >= 15 is 0 Å². The van der Waals surface area contributed by atoms with Gasteiger partial charge in [-0.1, -0.05) is 119 Å². The first-order chi connectivity index (χ1) is 25.3. The summed E-state index contributed by atoms with van der Waals surface area (Å²) in [6.07, 6.45) is 41.3. The number of phosphoric acid groups is 1. The van der Waals surface area contributed by atoms with Gasteiger partial charge in [0.2, 0.25) is 0 Å². The molecule has 0 aromatic rings. The number of rotatable bonds is 34. The second-order valence-corrected chi connectivity index (χ2v) is 14.3. The van der Waals surface area contributed by atoms with Gasteiger partial charge in [0.25, 0.3) is 0 Å². The van der Waals surface area contributed by atoms with Gasteiger partial charge in [0.05, 0.1) is 25.4 Å². The molecule has 296 valence electrons. The predicted molar refractivity (Wildman–Crippen MR) is 210 cm³/mol. The summed E-state index contributed by atoms with van der Waals surface area (Å²) in [6, 6.07) is 0. The molecule has 0 amide bonds. The molecule has 0 radical (unpaired) electrons. The van der Waals surface area contributed by atoms with Crippen LogP contribution < -0.4 is 5.73 Å². The summed E-state index contributed by atoms with van der Waals surface area (Å²) in [5.41, 5.74) is 5.32. The Labute approximate surface area is 314 Å². The van der Waals surface area contributed by atoms with Crippen molar-refractivity contribution in [2.45, 2.75) is 148 Å². The molecule has 0 spiro atoms. The lowest BCUT2D eigenvalue weighted by Gasteiger charge is -2.19. The number of esters is 2. The molecular formula is C41H68NO9P. The van der Waals surface area contributed by atoms with Crippen LogP contribution in [0.15, 0.2) is 72.9 Å². The average Bonchev–Trinajstić information content (AvgIpc) is 3.88. The smallest absolute Gasteiger partial charge is 0.462 e. The quantitative estimate of drug-likeness (QED) is 0.0214. The van der Waals surface area contributed by atoms with Crippen molar-refractivity contribution < 1.29 is 42.3 Å². The summed E-state index contributed by atoms with van der Waals surface area (Å²) >= 11 is 0. The summed E-state index contributed by atoms with van der Waals surface area (Å²) in [6.45, 7) is 3.44. The van der Waals surface area contributed by atoms with Gasteiger partial charge in [0, 0.05) is 19.4 Å². The monoisotopic (exact) mass is 749 g/mol. The van der Waals surface area contributed by atoms with Crippen molar-refractivity contribution in [3.05, 3.63) is 72.9 Å². The fourth-order valence-corrected chi connectivity index (χ4v) is 5.74. The van der Waals surface area contributed by atoms with Crippen LogP contribution in [0.5, 0.6) is 0 Å². The first-order valence-electron chi connectivity index (χ1n) is 19.5. The molecular weight excluding hydrogens is 681 g/mol. The van der Waals surface area contributed by atoms with Crippen LogP contribution in [0.1, 0.15) is 129 Å². The first kappa shape index (κ1) is 47.4. The second kappa shape index (κ2) is 33.0. The van der Waals surface area contributed by atoms with Gasteiger partial charge in [-0.15, -0.1) is 0 Å². The fraction of sp³-hybridized carbons (Fsp3) is 0.659. The van der Waals surface area contributed by atoms with E-state index in [9.17, 15) is 19.0 Å². The molecule has 4 atom stereocenters. The zero-order valence-electron chi connectivity index (χ0n) is 32.0. The molecule has 1 aliphatic heterocycles. The number of phosphoric ester groups is 1. The number of epoxide rings is 1. The lowest BCUT2D eigenvalue weighted by molar-refractivity contribution is -0.161. The van der Waals surface area contributed by atoms with Crippen molar-refractivity contribution in [1.29, 1.82) is 0 Å². The van der Waals surface area contributed by atoms with E-state index in [2.05, 4.69) is 74.6 Å². The minimum Gasteiger partial charge on any atom is -0.462 e. The van der Waals surface area contributed by atoms with E-state index < -0.39 is 32.5 Å². The number of hydrogen-bond acceptors (Lipinski definition) is 9. The number of nitrogens with two attached hydrogens (primary N) is 1. The van der Waals surface area contributed by atoms with Crippen LogP contribution in [-0.4, -0.2) is 61.5 Å². The number of carbonyl (C=O) groups is 2. The van der Waals surface area contributed by atoms with Crippen molar-refractivity contribution >= 4 is 19.8 Å².